The van der Waals surface area contributed by atoms with Gasteiger partial charge in [0.1, 0.15) is 0 Å². The summed E-state index contributed by atoms with van der Waals surface area (Å²) in [6, 6.07) is 0.722. The molecule has 0 bridgehead atoms. The highest BCUT2D eigenvalue weighted by molar-refractivity contribution is 7.15. The smallest absolute Gasteiger partial charge is 0.195 e. The largest absolute Gasteiger partial charge is 0.355 e. The third-order valence-electron chi connectivity index (χ3n) is 4.10. The molecule has 0 aliphatic heterocycles. The number of hydrogen-bond donors (Lipinski definition) is 1. The number of aromatic nitrogens is 2. The van der Waals surface area contributed by atoms with Crippen molar-refractivity contribution < 1.29 is 0 Å². The van der Waals surface area contributed by atoms with Gasteiger partial charge in [-0.2, -0.15) is 0 Å². The first-order chi connectivity index (χ1) is 9.08. The number of nitrogens with two attached hydrogens (primary N) is 1. The zero-order valence-corrected chi connectivity index (χ0v) is 12.7. The van der Waals surface area contributed by atoms with Crippen LogP contribution in [-0.4, -0.2) is 28.5 Å². The zero-order chi connectivity index (χ0) is 13.6. The van der Waals surface area contributed by atoms with E-state index in [0.717, 1.165) is 23.1 Å². The van der Waals surface area contributed by atoms with Crippen LogP contribution in [0.15, 0.2) is 11.6 Å². The van der Waals surface area contributed by atoms with Gasteiger partial charge in [0.2, 0.25) is 0 Å². The minimum Gasteiger partial charge on any atom is -0.355 e. The van der Waals surface area contributed by atoms with Gasteiger partial charge in [0, 0.05) is 37.1 Å². The first-order valence-corrected chi connectivity index (χ1v) is 7.88. The molecule has 2 atom stereocenters. The number of hydrogen-bond acceptors (Lipinski definition) is 4. The van der Waals surface area contributed by atoms with Crippen molar-refractivity contribution in [2.75, 3.05) is 11.9 Å². The van der Waals surface area contributed by atoms with Crippen LogP contribution in [0.4, 0.5) is 5.82 Å². The summed E-state index contributed by atoms with van der Waals surface area (Å²) in [4.78, 5) is 8.22. The molecule has 4 nitrogen and oxygen atoms in total. The SMILES string of the molecule is CC(N)Cc1c(N(C)C(C)C2CC2)nc2sccn12. The number of fused-ring (bicyclic) bond motifs is 1. The fraction of sp³-hybridized carbons (Fsp3) is 0.643. The fourth-order valence-corrected chi connectivity index (χ4v) is 3.41. The van der Waals surface area contributed by atoms with Crippen molar-refractivity contribution >= 4 is 22.1 Å². The molecule has 2 heterocycles. The Morgan fingerprint density at radius 3 is 2.89 bits per heavy atom. The minimum atomic E-state index is 0.156. The summed E-state index contributed by atoms with van der Waals surface area (Å²) >= 11 is 1.69. The van der Waals surface area contributed by atoms with Crippen molar-refractivity contribution in [1.82, 2.24) is 9.38 Å². The lowest BCUT2D eigenvalue weighted by Crippen LogP contribution is -2.32. The molecule has 1 saturated carbocycles. The quantitative estimate of drug-likeness (QED) is 0.914. The Hall–Kier alpha value is -1.07. The van der Waals surface area contributed by atoms with Gasteiger partial charge in [-0.25, -0.2) is 4.98 Å². The summed E-state index contributed by atoms with van der Waals surface area (Å²) in [7, 11) is 2.17. The normalized spacial score (nSPS) is 18.7. The van der Waals surface area contributed by atoms with Crippen molar-refractivity contribution in [3.05, 3.63) is 17.3 Å². The Labute approximate surface area is 118 Å². The van der Waals surface area contributed by atoms with Crippen molar-refractivity contribution in [2.45, 2.75) is 45.2 Å². The number of rotatable bonds is 5. The summed E-state index contributed by atoms with van der Waals surface area (Å²) < 4.78 is 2.19. The van der Waals surface area contributed by atoms with E-state index in [1.165, 1.54) is 18.5 Å². The van der Waals surface area contributed by atoms with Gasteiger partial charge in [0.25, 0.3) is 0 Å². The van der Waals surface area contributed by atoms with E-state index >= 15 is 0 Å². The van der Waals surface area contributed by atoms with Crippen LogP contribution < -0.4 is 10.6 Å². The maximum absolute atomic E-state index is 6.00. The van der Waals surface area contributed by atoms with Crippen molar-refractivity contribution in [1.29, 1.82) is 0 Å². The summed E-state index contributed by atoms with van der Waals surface area (Å²) in [6.07, 6.45) is 5.69. The molecule has 5 heteroatoms. The first kappa shape index (κ1) is 12.9. The monoisotopic (exact) mass is 278 g/mol. The molecule has 1 aliphatic carbocycles. The molecule has 19 heavy (non-hydrogen) atoms. The van der Waals surface area contributed by atoms with Crippen LogP contribution in [0.25, 0.3) is 4.96 Å². The molecule has 2 aromatic rings. The van der Waals surface area contributed by atoms with Crippen molar-refractivity contribution in [2.24, 2.45) is 11.7 Å². The van der Waals surface area contributed by atoms with E-state index in [1.54, 1.807) is 11.3 Å². The molecule has 2 N–H and O–H groups in total. The van der Waals surface area contributed by atoms with Gasteiger partial charge in [0.15, 0.2) is 10.8 Å². The highest BCUT2D eigenvalue weighted by Gasteiger charge is 2.32. The van der Waals surface area contributed by atoms with Crippen LogP contribution in [0, 0.1) is 5.92 Å². The third kappa shape index (κ3) is 2.37. The van der Waals surface area contributed by atoms with E-state index in [0.29, 0.717) is 6.04 Å². The van der Waals surface area contributed by atoms with Crippen LogP contribution in [0.3, 0.4) is 0 Å². The topological polar surface area (TPSA) is 46.6 Å². The van der Waals surface area contributed by atoms with Crippen molar-refractivity contribution in [3.63, 3.8) is 0 Å². The average Bonchev–Trinajstić information content (AvgIpc) is 3.02. The van der Waals surface area contributed by atoms with Gasteiger partial charge >= 0.3 is 0 Å². The second-order valence-corrected chi connectivity index (χ2v) is 6.68. The maximum Gasteiger partial charge on any atom is 0.195 e. The highest BCUT2D eigenvalue weighted by Crippen LogP contribution is 2.37. The summed E-state index contributed by atoms with van der Waals surface area (Å²) in [5.41, 5.74) is 7.26. The van der Waals surface area contributed by atoms with Gasteiger partial charge in [-0.05, 0) is 32.6 Å². The predicted octanol–water partition coefficient (Wildman–Crippen LogP) is 2.52. The third-order valence-corrected chi connectivity index (χ3v) is 4.86. The highest BCUT2D eigenvalue weighted by atomic mass is 32.1. The van der Waals surface area contributed by atoms with Crippen LogP contribution >= 0.6 is 11.3 Å². The molecule has 0 radical (unpaired) electrons. The van der Waals surface area contributed by atoms with Crippen LogP contribution in [0.1, 0.15) is 32.4 Å². The van der Waals surface area contributed by atoms with Gasteiger partial charge < -0.3 is 10.6 Å². The summed E-state index contributed by atoms with van der Waals surface area (Å²) in [6.45, 7) is 4.36. The molecule has 2 unspecified atom stereocenters. The molecule has 104 valence electrons. The van der Waals surface area contributed by atoms with E-state index in [1.807, 2.05) is 0 Å². The van der Waals surface area contributed by atoms with Crippen LogP contribution in [-0.2, 0) is 6.42 Å². The van der Waals surface area contributed by atoms with E-state index in [9.17, 15) is 0 Å². The predicted molar refractivity (Wildman–Crippen MR) is 81.0 cm³/mol. The molecule has 1 fully saturated rings. The molecule has 0 saturated heterocycles. The van der Waals surface area contributed by atoms with Crippen LogP contribution in [0.2, 0.25) is 0 Å². The second-order valence-electron chi connectivity index (χ2n) is 5.81. The van der Waals surface area contributed by atoms with E-state index in [2.05, 4.69) is 41.8 Å². The van der Waals surface area contributed by atoms with Gasteiger partial charge in [-0.15, -0.1) is 11.3 Å². The summed E-state index contributed by atoms with van der Waals surface area (Å²) in [5, 5.41) is 2.08. The van der Waals surface area contributed by atoms with E-state index < -0.39 is 0 Å². The number of nitrogens with zero attached hydrogens (tertiary/aromatic N) is 3. The fourth-order valence-electron chi connectivity index (χ4n) is 2.69. The molecule has 0 amide bonds. The number of thiazole rings is 1. The lowest BCUT2D eigenvalue weighted by atomic mass is 10.1. The number of imidazole rings is 1. The molecule has 0 spiro atoms. The molecule has 1 aliphatic rings. The van der Waals surface area contributed by atoms with E-state index in [4.69, 9.17) is 10.7 Å². The lowest BCUT2D eigenvalue weighted by molar-refractivity contribution is 0.600. The Morgan fingerprint density at radius 2 is 2.26 bits per heavy atom. The minimum absolute atomic E-state index is 0.156. The Kier molecular flexibility index (Phi) is 3.27. The zero-order valence-electron chi connectivity index (χ0n) is 11.8. The van der Waals surface area contributed by atoms with Gasteiger partial charge in [-0.3, -0.25) is 4.40 Å². The average molecular weight is 278 g/mol. The number of anilines is 1. The molecular formula is C14H22N4S. The Balaban J connectivity index is 1.98. The van der Waals surface area contributed by atoms with Crippen LogP contribution in [0.5, 0.6) is 0 Å². The molecule has 0 aromatic carbocycles. The van der Waals surface area contributed by atoms with Gasteiger partial charge in [0.05, 0.1) is 5.69 Å². The van der Waals surface area contributed by atoms with Crippen molar-refractivity contribution in [3.8, 4) is 0 Å². The second kappa shape index (κ2) is 4.80. The molecular weight excluding hydrogens is 256 g/mol. The Morgan fingerprint density at radius 1 is 1.53 bits per heavy atom. The maximum atomic E-state index is 6.00. The lowest BCUT2D eigenvalue weighted by Gasteiger charge is -2.26. The molecule has 3 rings (SSSR count). The summed E-state index contributed by atoms with van der Waals surface area (Å²) in [5.74, 6) is 1.96. The van der Waals surface area contributed by atoms with E-state index in [-0.39, 0.29) is 6.04 Å². The standard InChI is InChI=1S/C14H22N4S/c1-9(15)8-12-13(16-14-18(12)6-7-19-14)17(3)10(2)11-4-5-11/h6-7,9-11H,4-5,8,15H2,1-3H3. The Bertz CT molecular complexity index is 567. The van der Waals surface area contributed by atoms with Gasteiger partial charge in [-0.1, -0.05) is 0 Å². The molecule has 2 aromatic heterocycles. The first-order valence-electron chi connectivity index (χ1n) is 7.00.